The van der Waals surface area contributed by atoms with Crippen LogP contribution in [-0.4, -0.2) is 17.2 Å². The molecule has 2 N–H and O–H groups in total. The van der Waals surface area contributed by atoms with Gasteiger partial charge in [0.05, 0.1) is 10.0 Å². The van der Waals surface area contributed by atoms with E-state index in [9.17, 15) is 9.90 Å². The number of benzene rings is 2. The Bertz CT molecular complexity index is 1260. The Balaban J connectivity index is 1.73. The van der Waals surface area contributed by atoms with Crippen molar-refractivity contribution in [3.63, 3.8) is 0 Å². The predicted octanol–water partition coefficient (Wildman–Crippen LogP) is 8.79. The van der Waals surface area contributed by atoms with Gasteiger partial charge in [-0.1, -0.05) is 48.3 Å². The second-order valence-electron chi connectivity index (χ2n) is 9.53. The van der Waals surface area contributed by atoms with Crippen molar-refractivity contribution in [1.82, 2.24) is 0 Å². The van der Waals surface area contributed by atoms with Crippen LogP contribution in [0.1, 0.15) is 53.6 Å². The minimum absolute atomic E-state index is 0.105. The van der Waals surface area contributed by atoms with Gasteiger partial charge in [-0.15, -0.1) is 11.3 Å². The Morgan fingerprint density at radius 2 is 1.94 bits per heavy atom. The maximum absolute atomic E-state index is 13.4. The Labute approximate surface area is 225 Å². The fraction of sp³-hybridized carbons (Fsp3) is 0.308. The lowest BCUT2D eigenvalue weighted by molar-refractivity contribution is 0.102. The third kappa shape index (κ3) is 5.59. The summed E-state index contributed by atoms with van der Waals surface area (Å²) in [6.45, 7) is 6.83. The maximum Gasteiger partial charge on any atom is 0.259 e. The quantitative estimate of drug-likeness (QED) is 0.285. The number of nitrogens with one attached hydrogen (secondary N) is 1. The number of nitrogens with zero attached hydrogens (tertiary/aromatic N) is 1. The van der Waals surface area contributed by atoms with Gasteiger partial charge in [0.1, 0.15) is 10.8 Å². The third-order valence-electron chi connectivity index (χ3n) is 6.18. The van der Waals surface area contributed by atoms with Crippen molar-refractivity contribution in [2.75, 3.05) is 5.32 Å². The van der Waals surface area contributed by atoms with E-state index in [2.05, 4.69) is 57.9 Å². The molecular formula is C26H25Br2ClN2O2S. The highest BCUT2D eigenvalue weighted by molar-refractivity contribution is 9.11. The molecule has 34 heavy (non-hydrogen) atoms. The van der Waals surface area contributed by atoms with E-state index in [1.165, 1.54) is 4.88 Å². The number of carbonyl (C=O) groups excluding carboxylic acids is 1. The molecule has 4 nitrogen and oxygen atoms in total. The summed E-state index contributed by atoms with van der Waals surface area (Å²) in [4.78, 5) is 19.4. The molecular weight excluding hydrogens is 600 g/mol. The monoisotopic (exact) mass is 622 g/mol. The molecule has 0 fully saturated rings. The molecule has 0 saturated carbocycles. The topological polar surface area (TPSA) is 61.7 Å². The second kappa shape index (κ2) is 10.1. The van der Waals surface area contributed by atoms with Crippen molar-refractivity contribution in [2.24, 2.45) is 16.3 Å². The Morgan fingerprint density at radius 3 is 2.62 bits per heavy atom. The van der Waals surface area contributed by atoms with E-state index in [0.29, 0.717) is 37.2 Å². The highest BCUT2D eigenvalue weighted by Gasteiger charge is 2.33. The number of phenols is 1. The van der Waals surface area contributed by atoms with E-state index in [0.717, 1.165) is 29.3 Å². The summed E-state index contributed by atoms with van der Waals surface area (Å²) in [5.74, 6) is 0.474. The molecule has 4 rings (SSSR count). The van der Waals surface area contributed by atoms with E-state index in [-0.39, 0.29) is 17.1 Å². The molecule has 0 spiro atoms. The zero-order valence-electron chi connectivity index (χ0n) is 19.1. The SMILES string of the molecule is CC(C)(C)[C@@H]1CCc2c(sc(N=Cc3cc(Br)cc(Br)c3O)c2C(=O)Nc2ccc(Cl)cc2)C1. The fourth-order valence-corrected chi connectivity index (χ4v) is 6.83. The number of thiophene rings is 1. The summed E-state index contributed by atoms with van der Waals surface area (Å²) in [5.41, 5.74) is 3.15. The van der Waals surface area contributed by atoms with Crippen LogP contribution in [0.5, 0.6) is 5.75 Å². The average Bonchev–Trinajstić information content (AvgIpc) is 3.14. The molecule has 3 aromatic rings. The van der Waals surface area contributed by atoms with Crippen LogP contribution in [0.25, 0.3) is 0 Å². The number of phenolic OH excluding ortho intramolecular Hbond substituents is 1. The zero-order valence-corrected chi connectivity index (χ0v) is 23.8. The van der Waals surface area contributed by atoms with Gasteiger partial charge in [-0.25, -0.2) is 4.99 Å². The Hall–Kier alpha value is -1.67. The highest BCUT2D eigenvalue weighted by atomic mass is 79.9. The molecule has 0 aliphatic heterocycles. The van der Waals surface area contributed by atoms with Crippen molar-refractivity contribution in [2.45, 2.75) is 40.0 Å². The molecule has 2 aromatic carbocycles. The fourth-order valence-electron chi connectivity index (χ4n) is 4.18. The van der Waals surface area contributed by atoms with E-state index < -0.39 is 0 Å². The number of hydrogen-bond acceptors (Lipinski definition) is 4. The summed E-state index contributed by atoms with van der Waals surface area (Å²) >= 11 is 14.4. The van der Waals surface area contributed by atoms with Crippen molar-refractivity contribution < 1.29 is 9.90 Å². The number of fused-ring (bicyclic) bond motifs is 1. The third-order valence-corrected chi connectivity index (χ3v) is 8.66. The zero-order chi connectivity index (χ0) is 24.6. The van der Waals surface area contributed by atoms with Crippen LogP contribution < -0.4 is 5.32 Å². The van der Waals surface area contributed by atoms with Crippen molar-refractivity contribution in [1.29, 1.82) is 0 Å². The number of carbonyl (C=O) groups is 1. The van der Waals surface area contributed by atoms with Crippen molar-refractivity contribution in [3.05, 3.63) is 71.9 Å². The molecule has 0 unspecified atom stereocenters. The molecule has 1 atom stereocenters. The number of amides is 1. The molecule has 178 valence electrons. The smallest absolute Gasteiger partial charge is 0.259 e. The van der Waals surface area contributed by atoms with Gasteiger partial charge in [-0.05, 0) is 88.5 Å². The van der Waals surface area contributed by atoms with Gasteiger partial charge in [0, 0.05) is 31.8 Å². The summed E-state index contributed by atoms with van der Waals surface area (Å²) in [7, 11) is 0. The number of halogens is 3. The molecule has 1 heterocycles. The standard InChI is InChI=1S/C26H25Br2ClN2O2S/c1-26(2,3)15-4-9-19-21(11-15)34-25(30-13-14-10-16(27)12-20(28)23(14)32)22(19)24(33)31-18-7-5-17(29)6-8-18/h5-8,10,12-13,15,32H,4,9,11H2,1-3H3,(H,31,33)/t15-/m1/s1. The minimum Gasteiger partial charge on any atom is -0.506 e. The van der Waals surface area contributed by atoms with Gasteiger partial charge in [-0.2, -0.15) is 0 Å². The first-order valence-corrected chi connectivity index (χ1v) is 13.7. The first-order chi connectivity index (χ1) is 16.0. The van der Waals surface area contributed by atoms with Gasteiger partial charge >= 0.3 is 0 Å². The number of aliphatic imine (C=N–C) groups is 1. The number of aromatic hydroxyl groups is 1. The lowest BCUT2D eigenvalue weighted by Gasteiger charge is -2.33. The van der Waals surface area contributed by atoms with Crippen molar-refractivity contribution >= 4 is 77.6 Å². The minimum atomic E-state index is -0.180. The van der Waals surface area contributed by atoms with Gasteiger partial charge in [0.2, 0.25) is 0 Å². The first kappa shape index (κ1) is 25.4. The van der Waals surface area contributed by atoms with Crippen LogP contribution in [-0.2, 0) is 12.8 Å². The van der Waals surface area contributed by atoms with Gasteiger partial charge in [0.25, 0.3) is 5.91 Å². The molecule has 0 saturated heterocycles. The summed E-state index contributed by atoms with van der Waals surface area (Å²) < 4.78 is 1.39. The lowest BCUT2D eigenvalue weighted by Crippen LogP contribution is -2.27. The van der Waals surface area contributed by atoms with Gasteiger partial charge < -0.3 is 10.4 Å². The van der Waals surface area contributed by atoms with Crippen LogP contribution in [0, 0.1) is 11.3 Å². The molecule has 8 heteroatoms. The molecule has 1 amide bonds. The Morgan fingerprint density at radius 1 is 1.24 bits per heavy atom. The number of rotatable bonds is 4. The molecule has 1 aromatic heterocycles. The average molecular weight is 625 g/mol. The second-order valence-corrected chi connectivity index (χ2v) is 12.8. The van der Waals surface area contributed by atoms with Crippen LogP contribution in [0.3, 0.4) is 0 Å². The van der Waals surface area contributed by atoms with Gasteiger partial charge in [0.15, 0.2) is 0 Å². The lowest BCUT2D eigenvalue weighted by atomic mass is 9.72. The summed E-state index contributed by atoms with van der Waals surface area (Å²) in [5, 5.41) is 14.7. The van der Waals surface area contributed by atoms with Crippen LogP contribution in [0.15, 0.2) is 50.3 Å². The maximum atomic E-state index is 13.4. The van der Waals surface area contributed by atoms with E-state index >= 15 is 0 Å². The normalized spacial score (nSPS) is 16.0. The summed E-state index contributed by atoms with van der Waals surface area (Å²) in [6, 6.07) is 10.6. The first-order valence-electron chi connectivity index (χ1n) is 11.0. The van der Waals surface area contributed by atoms with Crippen molar-refractivity contribution in [3.8, 4) is 5.75 Å². The van der Waals surface area contributed by atoms with E-state index in [4.69, 9.17) is 16.6 Å². The predicted molar refractivity (Wildman–Crippen MR) is 149 cm³/mol. The Kier molecular flexibility index (Phi) is 7.58. The van der Waals surface area contributed by atoms with E-state index in [1.807, 2.05) is 0 Å². The van der Waals surface area contributed by atoms with Crippen LogP contribution in [0.4, 0.5) is 10.7 Å². The molecule has 0 radical (unpaired) electrons. The molecule has 1 aliphatic carbocycles. The van der Waals surface area contributed by atoms with E-state index in [1.54, 1.807) is 53.9 Å². The molecule has 1 aliphatic rings. The van der Waals surface area contributed by atoms with Crippen LogP contribution in [0.2, 0.25) is 5.02 Å². The summed E-state index contributed by atoms with van der Waals surface area (Å²) in [6.07, 6.45) is 4.44. The molecule has 0 bridgehead atoms. The van der Waals surface area contributed by atoms with Crippen LogP contribution >= 0.6 is 54.8 Å². The number of anilines is 1. The largest absolute Gasteiger partial charge is 0.506 e. The van der Waals surface area contributed by atoms with Gasteiger partial charge in [-0.3, -0.25) is 4.79 Å². The number of hydrogen-bond donors (Lipinski definition) is 2. The highest BCUT2D eigenvalue weighted by Crippen LogP contribution is 2.45.